The third-order valence-corrected chi connectivity index (χ3v) is 6.78. The summed E-state index contributed by atoms with van der Waals surface area (Å²) in [6, 6.07) is -0.271. The summed E-state index contributed by atoms with van der Waals surface area (Å²) in [5.41, 5.74) is -0.0392. The molecule has 3 atom stereocenters. The molecule has 2 fully saturated rings. The third kappa shape index (κ3) is 3.10. The lowest BCUT2D eigenvalue weighted by atomic mass is 9.80. The molecule has 0 aliphatic carbocycles. The molecule has 3 aliphatic rings. The average Bonchev–Trinajstić information content (AvgIpc) is 2.90. The van der Waals surface area contributed by atoms with E-state index in [1.54, 1.807) is 0 Å². The minimum Gasteiger partial charge on any atom is -0.477 e. The van der Waals surface area contributed by atoms with Gasteiger partial charge in [0.1, 0.15) is 5.70 Å². The summed E-state index contributed by atoms with van der Waals surface area (Å²) >= 11 is 1.20. The van der Waals surface area contributed by atoms with Gasteiger partial charge in [0.25, 0.3) is 0 Å². The first-order valence-electron chi connectivity index (χ1n) is 8.95. The smallest absolute Gasteiger partial charge is 0.353 e. The average molecular weight is 397 g/mol. The number of aliphatic hydroxyl groups is 1. The Morgan fingerprint density at radius 1 is 1.19 bits per heavy atom. The summed E-state index contributed by atoms with van der Waals surface area (Å²) in [5.74, 6) is -3.00. The number of rotatable bonds is 7. The molecule has 0 spiro atoms. The Morgan fingerprint density at radius 2 is 1.81 bits per heavy atom. The molecule has 3 rings (SSSR count). The second kappa shape index (κ2) is 7.51. The molecule has 3 amide bonds. The minimum absolute atomic E-state index is 0.0392. The lowest BCUT2D eigenvalue weighted by Gasteiger charge is -2.45. The lowest BCUT2D eigenvalue weighted by molar-refractivity contribution is -0.157. The van der Waals surface area contributed by atoms with Gasteiger partial charge in [-0.15, -0.1) is 11.8 Å². The zero-order valence-electron chi connectivity index (χ0n) is 15.3. The fourth-order valence-corrected chi connectivity index (χ4v) is 5.29. The van der Waals surface area contributed by atoms with Crippen LogP contribution in [0.15, 0.2) is 10.6 Å². The zero-order chi connectivity index (χ0) is 19.9. The summed E-state index contributed by atoms with van der Waals surface area (Å²) in [5, 5.41) is 18.7. The molecule has 0 aromatic rings. The fourth-order valence-electron chi connectivity index (χ4n) is 4.02. The first-order chi connectivity index (χ1) is 12.8. The number of β-lactam (4-membered cyclic amide) rings is 1. The highest BCUT2D eigenvalue weighted by atomic mass is 32.2. The minimum atomic E-state index is -1.18. The Balaban J connectivity index is 1.74. The van der Waals surface area contributed by atoms with Gasteiger partial charge >= 0.3 is 17.8 Å². The summed E-state index contributed by atoms with van der Waals surface area (Å²) in [4.78, 5) is 53.0. The largest absolute Gasteiger partial charge is 0.477 e. The van der Waals surface area contributed by atoms with Crippen molar-refractivity contribution in [3.63, 3.8) is 0 Å². The monoisotopic (exact) mass is 397 g/mol. The Hall–Kier alpha value is -2.07. The van der Waals surface area contributed by atoms with Crippen molar-refractivity contribution in [2.24, 2.45) is 11.8 Å². The standard InChI is InChI=1S/C17H23N3O6S/c1-3-18-5-6-19(16(24)15(18)23)8-27-13-9(2)11-10(4-7-21)14(22)20(11)12(13)17(25)26/h9-11,21H,3-8H2,1-2H3,(H,25,26)/t9-,10+,11-/m1/s1. The van der Waals surface area contributed by atoms with E-state index in [-0.39, 0.29) is 42.0 Å². The molecule has 2 saturated heterocycles. The van der Waals surface area contributed by atoms with E-state index in [1.165, 1.54) is 26.5 Å². The Bertz CT molecular complexity index is 723. The Morgan fingerprint density at radius 3 is 2.41 bits per heavy atom. The van der Waals surface area contributed by atoms with E-state index in [4.69, 9.17) is 5.11 Å². The number of aliphatic carboxylic acids is 1. The van der Waals surface area contributed by atoms with Gasteiger partial charge in [-0.2, -0.15) is 0 Å². The van der Waals surface area contributed by atoms with E-state index in [1.807, 2.05) is 13.8 Å². The number of fused-ring (bicyclic) bond motifs is 1. The first-order valence-corrected chi connectivity index (χ1v) is 9.94. The second-order valence-corrected chi connectivity index (χ2v) is 7.84. The van der Waals surface area contributed by atoms with Gasteiger partial charge in [0.2, 0.25) is 5.91 Å². The van der Waals surface area contributed by atoms with Crippen LogP contribution in [0.2, 0.25) is 0 Å². The Kier molecular flexibility index (Phi) is 5.48. The molecule has 0 radical (unpaired) electrons. The van der Waals surface area contributed by atoms with Crippen LogP contribution in [0.25, 0.3) is 0 Å². The molecule has 27 heavy (non-hydrogen) atoms. The van der Waals surface area contributed by atoms with Crippen LogP contribution in [-0.4, -0.2) is 86.8 Å². The molecule has 0 aromatic heterocycles. The van der Waals surface area contributed by atoms with E-state index in [9.17, 15) is 24.3 Å². The van der Waals surface area contributed by atoms with E-state index < -0.39 is 17.8 Å². The molecular weight excluding hydrogens is 374 g/mol. The summed E-state index contributed by atoms with van der Waals surface area (Å²) in [7, 11) is 0. The molecule has 3 aliphatic heterocycles. The van der Waals surface area contributed by atoms with Gasteiger partial charge in [0.15, 0.2) is 0 Å². The van der Waals surface area contributed by atoms with Gasteiger partial charge in [0, 0.05) is 37.1 Å². The quantitative estimate of drug-likeness (QED) is 0.440. The number of hydrogen-bond donors (Lipinski definition) is 2. The molecule has 10 heteroatoms. The van der Waals surface area contributed by atoms with E-state index in [0.717, 1.165) is 0 Å². The molecule has 9 nitrogen and oxygen atoms in total. The topological polar surface area (TPSA) is 118 Å². The maximum absolute atomic E-state index is 12.3. The normalized spacial score (nSPS) is 28.0. The highest BCUT2D eigenvalue weighted by Gasteiger charge is 2.58. The summed E-state index contributed by atoms with van der Waals surface area (Å²) in [6.45, 7) is 4.86. The number of piperazine rings is 1. The number of carbonyl (C=O) groups is 4. The maximum atomic E-state index is 12.3. The molecule has 148 valence electrons. The van der Waals surface area contributed by atoms with Gasteiger partial charge in [-0.05, 0) is 13.3 Å². The van der Waals surface area contributed by atoms with Crippen LogP contribution in [-0.2, 0) is 19.2 Å². The van der Waals surface area contributed by atoms with Gasteiger partial charge in [-0.25, -0.2) is 4.79 Å². The summed E-state index contributed by atoms with van der Waals surface area (Å²) in [6.07, 6.45) is 0.307. The number of nitrogens with zero attached hydrogens (tertiary/aromatic N) is 3. The van der Waals surface area contributed by atoms with Crippen LogP contribution < -0.4 is 0 Å². The van der Waals surface area contributed by atoms with E-state index >= 15 is 0 Å². The number of hydrogen-bond acceptors (Lipinski definition) is 6. The van der Waals surface area contributed by atoms with Crippen LogP contribution in [0, 0.1) is 11.8 Å². The van der Waals surface area contributed by atoms with Crippen LogP contribution in [0.4, 0.5) is 0 Å². The molecule has 0 bridgehead atoms. The van der Waals surface area contributed by atoms with E-state index in [2.05, 4.69) is 0 Å². The van der Waals surface area contributed by atoms with Gasteiger partial charge in [-0.1, -0.05) is 6.92 Å². The third-order valence-electron chi connectivity index (χ3n) is 5.46. The van der Waals surface area contributed by atoms with Crippen LogP contribution in [0.5, 0.6) is 0 Å². The van der Waals surface area contributed by atoms with Crippen molar-refractivity contribution in [2.75, 3.05) is 32.1 Å². The van der Waals surface area contributed by atoms with Crippen molar-refractivity contribution in [3.05, 3.63) is 10.6 Å². The number of likely N-dealkylation sites (N-methyl/N-ethyl adjacent to an activating group) is 1. The second-order valence-electron chi connectivity index (χ2n) is 6.85. The van der Waals surface area contributed by atoms with Crippen molar-refractivity contribution in [3.8, 4) is 0 Å². The fraction of sp³-hybridized carbons (Fsp3) is 0.647. The highest BCUT2D eigenvalue weighted by molar-refractivity contribution is 8.03. The van der Waals surface area contributed by atoms with Gasteiger partial charge < -0.3 is 24.9 Å². The Labute approximate surface area is 161 Å². The zero-order valence-corrected chi connectivity index (χ0v) is 16.1. The van der Waals surface area contributed by atoms with Crippen molar-refractivity contribution >= 4 is 35.5 Å². The number of aliphatic hydroxyl groups excluding tert-OH is 1. The van der Waals surface area contributed by atoms with Crippen molar-refractivity contribution < 1.29 is 29.4 Å². The maximum Gasteiger partial charge on any atom is 0.353 e. The number of thioether (sulfide) groups is 1. The molecule has 3 heterocycles. The van der Waals surface area contributed by atoms with Crippen LogP contribution in [0.3, 0.4) is 0 Å². The molecular formula is C17H23N3O6S. The molecule has 2 N–H and O–H groups in total. The van der Waals surface area contributed by atoms with Crippen LogP contribution >= 0.6 is 11.8 Å². The first kappa shape index (κ1) is 19.7. The number of amides is 3. The lowest BCUT2D eigenvalue weighted by Crippen LogP contribution is -2.60. The van der Waals surface area contributed by atoms with Gasteiger partial charge in [0.05, 0.1) is 17.8 Å². The van der Waals surface area contributed by atoms with Crippen LogP contribution in [0.1, 0.15) is 20.3 Å². The molecule has 0 saturated carbocycles. The van der Waals surface area contributed by atoms with Crippen molar-refractivity contribution in [2.45, 2.75) is 26.3 Å². The number of carboxylic acid groups (broad SMARTS) is 1. The predicted octanol–water partition coefficient (Wildman–Crippen LogP) is -0.477. The van der Waals surface area contributed by atoms with Crippen molar-refractivity contribution in [1.29, 1.82) is 0 Å². The number of carboxylic acids is 1. The number of carbonyl (C=O) groups excluding carboxylic acids is 3. The predicted molar refractivity (Wildman–Crippen MR) is 96.1 cm³/mol. The van der Waals surface area contributed by atoms with Crippen molar-refractivity contribution in [1.82, 2.24) is 14.7 Å². The molecule has 0 unspecified atom stereocenters. The SMILES string of the molecule is CCN1CCN(CSC2=C(C(=O)O)N3C(=O)[C@@H](CCO)[C@H]3[C@H]2C)C(=O)C1=O. The highest BCUT2D eigenvalue weighted by Crippen LogP contribution is 2.50. The molecule has 0 aromatic carbocycles. The van der Waals surface area contributed by atoms with Gasteiger partial charge in [-0.3, -0.25) is 14.4 Å². The van der Waals surface area contributed by atoms with E-state index in [0.29, 0.717) is 31.0 Å². The summed E-state index contributed by atoms with van der Waals surface area (Å²) < 4.78 is 0.